The third-order valence-electron chi connectivity index (χ3n) is 3.80. The molecular weight excluding hydrogens is 256 g/mol. The van der Waals surface area contributed by atoms with E-state index in [4.69, 9.17) is 0 Å². The first-order valence-electron chi connectivity index (χ1n) is 6.86. The van der Waals surface area contributed by atoms with Gasteiger partial charge in [-0.3, -0.25) is 9.59 Å². The van der Waals surface area contributed by atoms with Crippen LogP contribution in [0.2, 0.25) is 0 Å². The largest absolute Gasteiger partial charge is 0.463 e. The maximum absolute atomic E-state index is 12.5. The molecule has 4 nitrogen and oxygen atoms in total. The average molecular weight is 274 g/mol. The molecule has 0 heterocycles. The van der Waals surface area contributed by atoms with E-state index in [0.717, 1.165) is 31.9 Å². The van der Waals surface area contributed by atoms with Gasteiger partial charge in [-0.1, -0.05) is 25.1 Å². The summed E-state index contributed by atoms with van der Waals surface area (Å²) in [4.78, 5) is 35.8. The van der Waals surface area contributed by atoms with E-state index in [2.05, 4.69) is 11.7 Å². The van der Waals surface area contributed by atoms with E-state index in [-0.39, 0.29) is 5.78 Å². The number of carbonyl (C=O) groups is 3. The van der Waals surface area contributed by atoms with Gasteiger partial charge in [-0.05, 0) is 36.8 Å². The molecule has 0 fully saturated rings. The van der Waals surface area contributed by atoms with E-state index in [0.29, 0.717) is 12.0 Å². The average Bonchev–Trinajstić information content (AvgIpc) is 2.64. The lowest BCUT2D eigenvalue weighted by atomic mass is 9.91. The number of carbonyl (C=O) groups excluding carboxylic acids is 3. The Morgan fingerprint density at radius 3 is 2.75 bits per heavy atom. The second-order valence-corrected chi connectivity index (χ2v) is 5.01. The Balaban J connectivity index is 2.35. The maximum atomic E-state index is 12.5. The standard InChI is InChI=1S/C16H18O4/c1-3-10-7-8-12-11(9-10)5-4-6-13(14(12)17)15(18)16(19)20-2/h7-9,13H,3-6H2,1-2H3. The van der Waals surface area contributed by atoms with Gasteiger partial charge in [0.1, 0.15) is 0 Å². The number of ether oxygens (including phenoxy) is 1. The third kappa shape index (κ3) is 2.64. The Morgan fingerprint density at radius 1 is 1.35 bits per heavy atom. The van der Waals surface area contributed by atoms with Crippen molar-refractivity contribution in [3.8, 4) is 0 Å². The Bertz CT molecular complexity index is 560. The quantitative estimate of drug-likeness (QED) is 0.366. The molecule has 1 aliphatic rings. The Morgan fingerprint density at radius 2 is 2.10 bits per heavy atom. The van der Waals surface area contributed by atoms with E-state index in [1.54, 1.807) is 6.07 Å². The number of hydrogen-bond acceptors (Lipinski definition) is 4. The van der Waals surface area contributed by atoms with Crippen LogP contribution in [0.5, 0.6) is 0 Å². The molecule has 2 rings (SSSR count). The fourth-order valence-electron chi connectivity index (χ4n) is 2.62. The summed E-state index contributed by atoms with van der Waals surface area (Å²) in [5.41, 5.74) is 2.73. The predicted molar refractivity (Wildman–Crippen MR) is 73.6 cm³/mol. The van der Waals surface area contributed by atoms with Crippen molar-refractivity contribution in [1.82, 2.24) is 0 Å². The number of Topliss-reactive ketones (excluding diaryl/α,β-unsaturated/α-hetero) is 2. The monoisotopic (exact) mass is 274 g/mol. The highest BCUT2D eigenvalue weighted by atomic mass is 16.5. The maximum Gasteiger partial charge on any atom is 0.375 e. The molecule has 0 spiro atoms. The SMILES string of the molecule is CCc1ccc2c(c1)CCCC(C(=O)C(=O)OC)C2=O. The smallest absolute Gasteiger partial charge is 0.375 e. The summed E-state index contributed by atoms with van der Waals surface area (Å²) in [6, 6.07) is 5.71. The lowest BCUT2D eigenvalue weighted by molar-refractivity contribution is -0.152. The molecule has 0 radical (unpaired) electrons. The summed E-state index contributed by atoms with van der Waals surface area (Å²) in [6.45, 7) is 2.06. The Kier molecular flexibility index (Phi) is 4.32. The zero-order valence-electron chi connectivity index (χ0n) is 11.8. The molecule has 0 saturated carbocycles. The Labute approximate surface area is 118 Å². The first-order chi connectivity index (χ1) is 9.58. The van der Waals surface area contributed by atoms with Crippen molar-refractivity contribution in [3.05, 3.63) is 34.9 Å². The van der Waals surface area contributed by atoms with Crippen molar-refractivity contribution >= 4 is 17.5 Å². The number of fused-ring (bicyclic) bond motifs is 1. The van der Waals surface area contributed by atoms with Gasteiger partial charge >= 0.3 is 5.97 Å². The van der Waals surface area contributed by atoms with Crippen LogP contribution in [0, 0.1) is 5.92 Å². The fraction of sp³-hybridized carbons (Fsp3) is 0.438. The summed E-state index contributed by atoms with van der Waals surface area (Å²) in [5.74, 6) is -2.81. The number of ketones is 2. The van der Waals surface area contributed by atoms with Crippen LogP contribution < -0.4 is 0 Å². The molecule has 0 saturated heterocycles. The second kappa shape index (κ2) is 5.99. The van der Waals surface area contributed by atoms with Crippen molar-refractivity contribution in [2.75, 3.05) is 7.11 Å². The van der Waals surface area contributed by atoms with Gasteiger partial charge in [0.2, 0.25) is 0 Å². The molecule has 1 atom stereocenters. The van der Waals surface area contributed by atoms with E-state index in [1.807, 2.05) is 12.1 Å². The molecule has 106 valence electrons. The van der Waals surface area contributed by atoms with Gasteiger partial charge in [0.25, 0.3) is 5.78 Å². The van der Waals surface area contributed by atoms with Crippen LogP contribution in [-0.2, 0) is 27.2 Å². The molecule has 0 N–H and O–H groups in total. The minimum Gasteiger partial charge on any atom is -0.463 e. The lowest BCUT2D eigenvalue weighted by Crippen LogP contribution is -2.30. The molecule has 1 unspecified atom stereocenters. The molecular formula is C16H18O4. The van der Waals surface area contributed by atoms with Gasteiger partial charge < -0.3 is 4.74 Å². The van der Waals surface area contributed by atoms with Crippen LogP contribution in [-0.4, -0.2) is 24.6 Å². The highest BCUT2D eigenvalue weighted by Gasteiger charge is 2.35. The minimum absolute atomic E-state index is 0.254. The zero-order chi connectivity index (χ0) is 14.7. The first kappa shape index (κ1) is 14.4. The number of rotatable bonds is 3. The molecule has 0 aromatic heterocycles. The van der Waals surface area contributed by atoms with Gasteiger partial charge in [0.15, 0.2) is 5.78 Å². The molecule has 4 heteroatoms. The molecule has 1 aliphatic carbocycles. The fourth-order valence-corrected chi connectivity index (χ4v) is 2.62. The van der Waals surface area contributed by atoms with E-state index in [9.17, 15) is 14.4 Å². The number of aryl methyl sites for hydroxylation is 2. The highest BCUT2D eigenvalue weighted by molar-refractivity contribution is 6.39. The lowest BCUT2D eigenvalue weighted by Gasteiger charge is -2.11. The van der Waals surface area contributed by atoms with Gasteiger partial charge in [-0.15, -0.1) is 0 Å². The number of hydrogen-bond donors (Lipinski definition) is 0. The van der Waals surface area contributed by atoms with E-state index < -0.39 is 17.7 Å². The zero-order valence-corrected chi connectivity index (χ0v) is 11.8. The molecule has 1 aromatic rings. The third-order valence-corrected chi connectivity index (χ3v) is 3.80. The predicted octanol–water partition coefficient (Wildman–Crippen LogP) is 2.13. The molecule has 0 aliphatic heterocycles. The van der Waals surface area contributed by atoms with Gasteiger partial charge in [-0.25, -0.2) is 4.79 Å². The van der Waals surface area contributed by atoms with Crippen LogP contribution in [0.15, 0.2) is 18.2 Å². The van der Waals surface area contributed by atoms with Gasteiger partial charge in [-0.2, -0.15) is 0 Å². The van der Waals surface area contributed by atoms with E-state index >= 15 is 0 Å². The summed E-state index contributed by atoms with van der Waals surface area (Å²) < 4.78 is 4.44. The normalized spacial score (nSPS) is 18.1. The minimum atomic E-state index is -0.933. The van der Waals surface area contributed by atoms with Crippen molar-refractivity contribution < 1.29 is 19.1 Å². The van der Waals surface area contributed by atoms with Crippen LogP contribution in [0.3, 0.4) is 0 Å². The molecule has 20 heavy (non-hydrogen) atoms. The number of benzene rings is 1. The van der Waals surface area contributed by atoms with Gasteiger partial charge in [0, 0.05) is 5.56 Å². The number of methoxy groups -OCH3 is 1. The highest BCUT2D eigenvalue weighted by Crippen LogP contribution is 2.26. The first-order valence-corrected chi connectivity index (χ1v) is 6.86. The topological polar surface area (TPSA) is 60.4 Å². The summed E-state index contributed by atoms with van der Waals surface area (Å²) in [7, 11) is 1.16. The van der Waals surface area contributed by atoms with Crippen LogP contribution >= 0.6 is 0 Å². The van der Waals surface area contributed by atoms with Crippen LogP contribution in [0.4, 0.5) is 0 Å². The summed E-state index contributed by atoms with van der Waals surface area (Å²) >= 11 is 0. The van der Waals surface area contributed by atoms with E-state index in [1.165, 1.54) is 5.56 Å². The summed E-state index contributed by atoms with van der Waals surface area (Å²) in [5, 5.41) is 0. The molecule has 0 amide bonds. The van der Waals surface area contributed by atoms with Crippen LogP contribution in [0.1, 0.15) is 41.3 Å². The summed E-state index contributed by atoms with van der Waals surface area (Å²) in [6.07, 6.45) is 2.80. The van der Waals surface area contributed by atoms with Crippen LogP contribution in [0.25, 0.3) is 0 Å². The second-order valence-electron chi connectivity index (χ2n) is 5.01. The Hall–Kier alpha value is -1.97. The molecule has 0 bridgehead atoms. The van der Waals surface area contributed by atoms with Crippen molar-refractivity contribution in [2.24, 2.45) is 5.92 Å². The van der Waals surface area contributed by atoms with Crippen molar-refractivity contribution in [1.29, 1.82) is 0 Å². The number of esters is 1. The molecule has 1 aromatic carbocycles. The van der Waals surface area contributed by atoms with Crippen molar-refractivity contribution in [3.63, 3.8) is 0 Å². The van der Waals surface area contributed by atoms with Gasteiger partial charge in [0.05, 0.1) is 13.0 Å². The van der Waals surface area contributed by atoms with Crippen molar-refractivity contribution in [2.45, 2.75) is 32.6 Å².